The van der Waals surface area contributed by atoms with Crippen LogP contribution in [0.25, 0.3) is 0 Å². The summed E-state index contributed by atoms with van der Waals surface area (Å²) in [6.07, 6.45) is 0. The molecule has 0 saturated carbocycles. The average Bonchev–Trinajstić information content (AvgIpc) is 2.45. The Morgan fingerprint density at radius 2 is 0.429 bits per heavy atom. The van der Waals surface area contributed by atoms with Gasteiger partial charge in [-0.05, 0) is 0 Å². The molecule has 0 radical (unpaired) electrons. The maximum atomic E-state index is 6.25. The third-order valence-electron chi connectivity index (χ3n) is 0. The van der Waals surface area contributed by atoms with E-state index in [9.17, 15) is 0 Å². The van der Waals surface area contributed by atoms with Crippen molar-refractivity contribution in [3.63, 3.8) is 0 Å². The summed E-state index contributed by atoms with van der Waals surface area (Å²) in [6, 6.07) is 0. The molecule has 8 heteroatoms. The van der Waals surface area contributed by atoms with Gasteiger partial charge in [-0.15, -0.1) is 0 Å². The predicted octanol–water partition coefficient (Wildman–Crippen LogP) is 0.573. The fourth-order valence-electron chi connectivity index (χ4n) is 0. The van der Waals surface area contributed by atoms with E-state index in [1.165, 1.54) is 0 Å². The van der Waals surface area contributed by atoms with Crippen molar-refractivity contribution in [2.45, 2.75) is 0 Å². The number of nitrogens with zero attached hydrogens (tertiary/aromatic N) is 6. The van der Waals surface area contributed by atoms with Crippen LogP contribution in [0.2, 0.25) is 0 Å². The van der Waals surface area contributed by atoms with Crippen molar-refractivity contribution in [3.05, 3.63) is 39.4 Å². The van der Waals surface area contributed by atoms with Gasteiger partial charge in [-0.2, -0.15) is 0 Å². The third kappa shape index (κ3) is 190. The van der Waals surface area contributed by atoms with Crippen molar-refractivity contribution in [1.29, 1.82) is 31.6 Å². The first-order valence-corrected chi connectivity index (χ1v) is 3.24. The summed E-state index contributed by atoms with van der Waals surface area (Å²) in [5, 5.41) is 37.5. The van der Waals surface area contributed by atoms with Gasteiger partial charge in [-0.1, -0.05) is 0 Å². The molecule has 0 aliphatic carbocycles. The van der Waals surface area contributed by atoms with Crippen molar-refractivity contribution >= 4 is 0 Å². The van der Waals surface area contributed by atoms with Gasteiger partial charge in [0.1, 0.15) is 0 Å². The van der Waals surface area contributed by atoms with Crippen LogP contribution in [0, 0.1) is 71.0 Å². The SMILES string of the molecule is [C-]#N.[C-]#N.[C-]#N.[C-]#N.[C-]#N.[C-]#N.[Fe]=[Ni]. The Kier molecular flexibility index (Phi) is 1080. The van der Waals surface area contributed by atoms with E-state index in [0.29, 0.717) is 0 Å². The summed E-state index contributed by atoms with van der Waals surface area (Å²) in [7, 11) is 0. The quantitative estimate of drug-likeness (QED) is 0.465. The van der Waals surface area contributed by atoms with E-state index in [1.807, 2.05) is 0 Å². The summed E-state index contributed by atoms with van der Waals surface area (Å²) in [4.78, 5) is 0. The zero-order chi connectivity index (χ0) is 14.0. The van der Waals surface area contributed by atoms with Crippen LogP contribution in [0.3, 0.4) is 0 Å². The zero-order valence-corrected chi connectivity index (χ0v) is 8.44. The molecule has 0 rings (SSSR count). The normalized spacial score (nSPS) is 1.36. The van der Waals surface area contributed by atoms with Crippen LogP contribution in [-0.2, 0) is 26.9 Å². The molecule has 0 aliphatic heterocycles. The molecule has 0 fully saturated rings. The van der Waals surface area contributed by atoms with Crippen LogP contribution in [0.15, 0.2) is 0 Å². The zero-order valence-electron chi connectivity index (χ0n) is 6.35. The van der Waals surface area contributed by atoms with Gasteiger partial charge in [0.05, 0.1) is 0 Å². The van der Waals surface area contributed by atoms with Gasteiger partial charge in [-0.25, -0.2) is 0 Å². The molecule has 0 N–H and O–H groups in total. The first kappa shape index (κ1) is 58.5. The van der Waals surface area contributed by atoms with Crippen LogP contribution in [0.1, 0.15) is 0 Å². The molecule has 0 bridgehead atoms. The van der Waals surface area contributed by atoms with Crippen molar-refractivity contribution in [1.82, 2.24) is 0 Å². The number of hydrogen-bond acceptors (Lipinski definition) is 6. The fraction of sp³-hybridized carbons (Fsp3) is 0. The minimum absolute atomic E-state index is 2.88. The second kappa shape index (κ2) is 259. The van der Waals surface area contributed by atoms with Crippen LogP contribution in [0.4, 0.5) is 0 Å². The topological polar surface area (TPSA) is 143 Å². The summed E-state index contributed by atoms with van der Waals surface area (Å²) in [6.45, 7) is 28.5. The van der Waals surface area contributed by atoms with Gasteiger partial charge >= 0.3 is 26.9 Å². The fourth-order valence-corrected chi connectivity index (χ4v) is 0. The van der Waals surface area contributed by atoms with Crippen molar-refractivity contribution in [3.8, 4) is 0 Å². The number of rotatable bonds is 0. The molecule has 6 nitrogen and oxygen atoms in total. The van der Waals surface area contributed by atoms with E-state index >= 15 is 0 Å². The van der Waals surface area contributed by atoms with Gasteiger partial charge < -0.3 is 71.0 Å². The van der Waals surface area contributed by atoms with Gasteiger partial charge in [-0.3, -0.25) is 0 Å². The second-order valence-electron chi connectivity index (χ2n) is 0. The first-order valence-electron chi connectivity index (χ1n) is 1.45. The van der Waals surface area contributed by atoms with Crippen LogP contribution < -0.4 is 0 Å². The minimum atomic E-state index is 2.88. The van der Waals surface area contributed by atoms with Crippen LogP contribution >= 0.6 is 0 Å². The van der Waals surface area contributed by atoms with E-state index in [0.717, 1.165) is 0 Å². The van der Waals surface area contributed by atoms with E-state index in [2.05, 4.69) is 26.9 Å². The first-order chi connectivity index (χ1) is 7.00. The molecule has 0 unspecified atom stereocenters. The third-order valence-corrected chi connectivity index (χ3v) is 0. The molecular formula is C6FeN6Ni-6. The standard InChI is InChI=1S/6CN.Fe.Ni/c6*1-2;;/q6*-1;;. The van der Waals surface area contributed by atoms with E-state index < -0.39 is 0 Å². The molecule has 0 amide bonds. The Morgan fingerprint density at radius 3 is 0.429 bits per heavy atom. The molecular weight excluding hydrogens is 271 g/mol. The molecule has 0 heterocycles. The molecule has 0 saturated heterocycles. The predicted molar refractivity (Wildman–Crippen MR) is 29.8 cm³/mol. The van der Waals surface area contributed by atoms with Crippen molar-refractivity contribution in [2.75, 3.05) is 0 Å². The Labute approximate surface area is 98.0 Å². The molecule has 0 aromatic rings. The average molecular weight is 271 g/mol. The molecule has 0 atom stereocenters. The second-order valence-corrected chi connectivity index (χ2v) is 0. The molecule has 14 heavy (non-hydrogen) atoms. The van der Waals surface area contributed by atoms with E-state index in [4.69, 9.17) is 71.0 Å². The summed E-state index contributed by atoms with van der Waals surface area (Å²) >= 11 is 6.50. The Hall–Kier alpha value is -2.05. The van der Waals surface area contributed by atoms with Gasteiger partial charge in [0.2, 0.25) is 0 Å². The van der Waals surface area contributed by atoms with Crippen molar-refractivity contribution in [2.24, 2.45) is 0 Å². The summed E-state index contributed by atoms with van der Waals surface area (Å²) < 4.78 is 0. The van der Waals surface area contributed by atoms with E-state index in [1.54, 1.807) is 0 Å². The van der Waals surface area contributed by atoms with Gasteiger partial charge in [0.25, 0.3) is 0 Å². The van der Waals surface area contributed by atoms with Crippen LogP contribution in [0.5, 0.6) is 0 Å². The van der Waals surface area contributed by atoms with E-state index in [-0.39, 0.29) is 0 Å². The summed E-state index contributed by atoms with van der Waals surface area (Å²) in [5.41, 5.74) is 0. The molecule has 0 spiro atoms. The van der Waals surface area contributed by atoms with Gasteiger partial charge in [0.15, 0.2) is 0 Å². The number of hydrogen-bond donors (Lipinski definition) is 0. The molecule has 0 aliphatic rings. The van der Waals surface area contributed by atoms with Crippen molar-refractivity contribution < 1.29 is 26.9 Å². The summed E-state index contributed by atoms with van der Waals surface area (Å²) in [5.74, 6) is 0. The monoisotopic (exact) mass is 270 g/mol. The van der Waals surface area contributed by atoms with Crippen LogP contribution in [-0.4, -0.2) is 0 Å². The van der Waals surface area contributed by atoms with Gasteiger partial charge in [0, 0.05) is 0 Å². The molecule has 0 aromatic heterocycles. The maximum absolute atomic E-state index is 6.25. The molecule has 78 valence electrons. The Bertz CT molecular complexity index is 109. The Morgan fingerprint density at radius 1 is 0.429 bits per heavy atom. The Balaban J connectivity index is -0.00000000817. The molecule has 0 aromatic carbocycles.